The van der Waals surface area contributed by atoms with Gasteiger partial charge in [0.15, 0.2) is 0 Å². The molecular formula is C5H10N2S4. The van der Waals surface area contributed by atoms with Crippen LogP contribution >= 0.6 is 46.0 Å². The Kier molecular flexibility index (Phi) is 12.8. The summed E-state index contributed by atoms with van der Waals surface area (Å²) in [5.41, 5.74) is 10.2. The largest absolute Gasteiger partial charge is 0.384 e. The molecule has 0 spiro atoms. The number of hydrogen-bond acceptors (Lipinski definition) is 4. The van der Waals surface area contributed by atoms with Crippen molar-refractivity contribution in [3.05, 3.63) is 12.7 Å². The number of thiocarbonyl (C=S) groups is 2. The zero-order valence-electron chi connectivity index (χ0n) is 6.07. The Morgan fingerprint density at radius 2 is 1.45 bits per heavy atom. The smallest absolute Gasteiger partial charge is 0.142 e. The molecule has 0 amide bonds. The molecule has 0 rings (SSSR count). The van der Waals surface area contributed by atoms with Crippen molar-refractivity contribution in [3.8, 4) is 0 Å². The van der Waals surface area contributed by atoms with Gasteiger partial charge in [0.2, 0.25) is 0 Å². The molecule has 0 aliphatic heterocycles. The molecule has 0 unspecified atom stereocenters. The highest BCUT2D eigenvalue weighted by Gasteiger charge is 1.91. The average Bonchev–Trinajstić information content (AvgIpc) is 1.85. The third-order valence-corrected chi connectivity index (χ3v) is 3.08. The molecule has 0 saturated carbocycles. The second-order valence-electron chi connectivity index (χ2n) is 1.21. The van der Waals surface area contributed by atoms with E-state index < -0.39 is 0 Å². The van der Waals surface area contributed by atoms with Gasteiger partial charge in [0.05, 0.1) is 0 Å². The lowest BCUT2D eigenvalue weighted by molar-refractivity contribution is 1.80. The number of allylic oxidation sites excluding steroid dienone is 1. The zero-order valence-corrected chi connectivity index (χ0v) is 9.34. The van der Waals surface area contributed by atoms with Crippen LogP contribution in [0, 0.1) is 0 Å². The molecule has 0 heterocycles. The van der Waals surface area contributed by atoms with E-state index in [-0.39, 0.29) is 0 Å². The van der Waals surface area contributed by atoms with Gasteiger partial charge in [-0.2, -0.15) is 0 Å². The molecule has 64 valence electrons. The summed E-state index contributed by atoms with van der Waals surface area (Å²) >= 11 is 9.04. The highest BCUT2D eigenvalue weighted by atomic mass is 33.1. The summed E-state index contributed by atoms with van der Waals surface area (Å²) < 4.78 is 0.700. The lowest BCUT2D eigenvalue weighted by Crippen LogP contribution is -2.04. The van der Waals surface area contributed by atoms with Gasteiger partial charge in [-0.15, -0.1) is 6.58 Å². The van der Waals surface area contributed by atoms with Crippen LogP contribution in [-0.2, 0) is 0 Å². The fourth-order valence-corrected chi connectivity index (χ4v) is 1.35. The van der Waals surface area contributed by atoms with Crippen LogP contribution in [0.2, 0.25) is 0 Å². The fourth-order valence-electron chi connectivity index (χ4n) is 0.0821. The van der Waals surface area contributed by atoms with E-state index in [0.29, 0.717) is 8.64 Å². The number of rotatable bonds is 0. The molecular weight excluding hydrogens is 216 g/mol. The predicted molar refractivity (Wildman–Crippen MR) is 64.6 cm³/mol. The first-order chi connectivity index (χ1) is 5.04. The summed E-state index contributed by atoms with van der Waals surface area (Å²) in [6.07, 6.45) is 1.75. The zero-order chi connectivity index (χ0) is 9.28. The first kappa shape index (κ1) is 13.8. The van der Waals surface area contributed by atoms with Crippen molar-refractivity contribution in [1.82, 2.24) is 0 Å². The van der Waals surface area contributed by atoms with Gasteiger partial charge in [-0.3, -0.25) is 0 Å². The van der Waals surface area contributed by atoms with E-state index in [1.165, 1.54) is 21.6 Å². The minimum Gasteiger partial charge on any atom is -0.384 e. The topological polar surface area (TPSA) is 52.0 Å². The maximum atomic E-state index is 5.10. The molecule has 0 aromatic heterocycles. The maximum absolute atomic E-state index is 5.10. The maximum Gasteiger partial charge on any atom is 0.142 e. The summed E-state index contributed by atoms with van der Waals surface area (Å²) in [6, 6.07) is 0. The highest BCUT2D eigenvalue weighted by molar-refractivity contribution is 8.89. The minimum absolute atomic E-state index is 0.350. The van der Waals surface area contributed by atoms with E-state index in [0.717, 1.165) is 0 Å². The van der Waals surface area contributed by atoms with Crippen molar-refractivity contribution in [2.45, 2.75) is 6.92 Å². The quantitative estimate of drug-likeness (QED) is 0.374. The lowest BCUT2D eigenvalue weighted by Gasteiger charge is -1.91. The van der Waals surface area contributed by atoms with Crippen LogP contribution in [0.5, 0.6) is 0 Å². The molecule has 4 N–H and O–H groups in total. The Morgan fingerprint density at radius 3 is 1.55 bits per heavy atom. The van der Waals surface area contributed by atoms with Crippen LogP contribution in [-0.4, -0.2) is 8.64 Å². The van der Waals surface area contributed by atoms with Gasteiger partial charge in [-0.1, -0.05) is 30.5 Å². The second-order valence-corrected chi connectivity index (χ2v) is 4.82. The Morgan fingerprint density at radius 1 is 1.27 bits per heavy atom. The van der Waals surface area contributed by atoms with Crippen molar-refractivity contribution in [3.63, 3.8) is 0 Å². The van der Waals surface area contributed by atoms with Crippen LogP contribution in [0.3, 0.4) is 0 Å². The van der Waals surface area contributed by atoms with Crippen molar-refractivity contribution in [2.24, 2.45) is 11.5 Å². The molecule has 0 fully saturated rings. The van der Waals surface area contributed by atoms with E-state index in [1.807, 2.05) is 6.92 Å². The molecule has 0 aromatic rings. The summed E-state index contributed by atoms with van der Waals surface area (Å²) in [7, 11) is 2.40. The monoisotopic (exact) mass is 226 g/mol. The van der Waals surface area contributed by atoms with Gasteiger partial charge in [-0.05, 0) is 28.5 Å². The van der Waals surface area contributed by atoms with Crippen molar-refractivity contribution in [2.75, 3.05) is 0 Å². The van der Waals surface area contributed by atoms with Gasteiger partial charge in [0.25, 0.3) is 0 Å². The molecule has 0 aromatic carbocycles. The van der Waals surface area contributed by atoms with E-state index in [4.69, 9.17) is 11.5 Å². The number of nitrogens with two attached hydrogens (primary N) is 2. The first-order valence-corrected chi connectivity index (χ1v) is 5.51. The molecule has 6 heteroatoms. The third kappa shape index (κ3) is 25.3. The van der Waals surface area contributed by atoms with Crippen molar-refractivity contribution >= 4 is 54.7 Å². The molecule has 11 heavy (non-hydrogen) atoms. The SMILES string of the molecule is C=CC.NC(=S)SSC(N)=S. The second kappa shape index (κ2) is 10.2. The van der Waals surface area contributed by atoms with Crippen LogP contribution in [0.1, 0.15) is 6.92 Å². The summed E-state index contributed by atoms with van der Waals surface area (Å²) in [6.45, 7) is 5.25. The van der Waals surface area contributed by atoms with Crippen molar-refractivity contribution < 1.29 is 0 Å². The first-order valence-electron chi connectivity index (χ1n) is 2.55. The third-order valence-electron chi connectivity index (χ3n) is 0.206. The van der Waals surface area contributed by atoms with E-state index in [2.05, 4.69) is 31.0 Å². The molecule has 0 bridgehead atoms. The lowest BCUT2D eigenvalue weighted by atomic mass is 10.8. The Bertz CT molecular complexity index is 131. The van der Waals surface area contributed by atoms with Crippen LogP contribution in [0.15, 0.2) is 12.7 Å². The number of hydrogen-bond donors (Lipinski definition) is 2. The Hall–Kier alpha value is 0.220. The van der Waals surface area contributed by atoms with Gasteiger partial charge in [0.1, 0.15) is 8.64 Å². The van der Waals surface area contributed by atoms with Gasteiger partial charge in [-0.25, -0.2) is 0 Å². The summed E-state index contributed by atoms with van der Waals surface area (Å²) in [5.74, 6) is 0. The average molecular weight is 226 g/mol. The van der Waals surface area contributed by atoms with E-state index in [9.17, 15) is 0 Å². The highest BCUT2D eigenvalue weighted by Crippen LogP contribution is 2.20. The van der Waals surface area contributed by atoms with Crippen molar-refractivity contribution in [1.29, 1.82) is 0 Å². The normalized spacial score (nSPS) is 7.36. The van der Waals surface area contributed by atoms with E-state index in [1.54, 1.807) is 6.08 Å². The van der Waals surface area contributed by atoms with Crippen LogP contribution in [0.25, 0.3) is 0 Å². The summed E-state index contributed by atoms with van der Waals surface area (Å²) in [4.78, 5) is 0. The standard InChI is InChI=1S/C3H6.C2H4N2S4/c1-3-2;3-1(5)7-8-2(4)6/h3H,1H2,2H3;(H2,3,5)(H2,4,6). The molecule has 2 nitrogen and oxygen atoms in total. The molecule has 0 saturated heterocycles. The van der Waals surface area contributed by atoms with Gasteiger partial charge < -0.3 is 11.5 Å². The van der Waals surface area contributed by atoms with E-state index >= 15 is 0 Å². The fraction of sp³-hybridized carbons (Fsp3) is 0.200. The predicted octanol–water partition coefficient (Wildman–Crippen LogP) is 2.05. The molecule has 0 radical (unpaired) electrons. The van der Waals surface area contributed by atoms with Gasteiger partial charge >= 0.3 is 0 Å². The molecule has 0 aliphatic rings. The Labute approximate surface area is 85.6 Å². The van der Waals surface area contributed by atoms with Crippen LogP contribution < -0.4 is 11.5 Å². The van der Waals surface area contributed by atoms with Crippen LogP contribution in [0.4, 0.5) is 0 Å². The minimum atomic E-state index is 0.350. The van der Waals surface area contributed by atoms with Gasteiger partial charge in [0, 0.05) is 0 Å². The molecule has 0 aliphatic carbocycles. The Balaban J connectivity index is 0. The molecule has 0 atom stereocenters. The summed E-state index contributed by atoms with van der Waals surface area (Å²) in [5, 5.41) is 0.